The summed E-state index contributed by atoms with van der Waals surface area (Å²) in [6.45, 7) is 4.86. The zero-order valence-corrected chi connectivity index (χ0v) is 15.5. The van der Waals surface area contributed by atoms with Crippen LogP contribution < -0.4 is 4.90 Å². The maximum Gasteiger partial charge on any atom is 0.120 e. The summed E-state index contributed by atoms with van der Waals surface area (Å²) >= 11 is 1.83. The van der Waals surface area contributed by atoms with Crippen LogP contribution in [0, 0.1) is 13.8 Å². The highest BCUT2D eigenvalue weighted by Crippen LogP contribution is 2.41. The fraction of sp³-hybridized carbons (Fsp3) is 0.273. The number of aryl methyl sites for hydroxylation is 2. The Balaban J connectivity index is 1.63. The van der Waals surface area contributed by atoms with E-state index in [0.29, 0.717) is 12.8 Å². The van der Waals surface area contributed by atoms with Crippen LogP contribution in [0.15, 0.2) is 66.0 Å². The van der Waals surface area contributed by atoms with Crippen LogP contribution in [0.2, 0.25) is 0 Å². The summed E-state index contributed by atoms with van der Waals surface area (Å²) in [4.78, 5) is 3.79. The van der Waals surface area contributed by atoms with Crippen LogP contribution in [0.4, 0.5) is 5.69 Å². The first kappa shape index (κ1) is 16.4. The largest absolute Gasteiger partial charge is 0.353 e. The average molecular weight is 349 g/mol. The molecule has 0 amide bonds. The third-order valence-corrected chi connectivity index (χ3v) is 5.89. The van der Waals surface area contributed by atoms with E-state index in [1.54, 1.807) is 0 Å². The molecule has 2 aromatic carbocycles. The molecule has 0 aliphatic carbocycles. The Labute approximate surface area is 153 Å². The second-order valence-electron chi connectivity index (χ2n) is 6.77. The summed E-state index contributed by atoms with van der Waals surface area (Å²) in [6.07, 6.45) is 1.12. The monoisotopic (exact) mass is 349 g/mol. The highest BCUT2D eigenvalue weighted by molar-refractivity contribution is 7.10. The first-order valence-corrected chi connectivity index (χ1v) is 9.63. The number of thiophene rings is 1. The number of nitrogens with zero attached hydrogens (tertiary/aromatic N) is 1. The maximum absolute atomic E-state index is 6.26. The van der Waals surface area contributed by atoms with Crippen molar-refractivity contribution in [2.45, 2.75) is 32.4 Å². The van der Waals surface area contributed by atoms with Gasteiger partial charge in [-0.2, -0.15) is 0 Å². The topological polar surface area (TPSA) is 12.5 Å². The summed E-state index contributed by atoms with van der Waals surface area (Å²) in [7, 11) is 0. The summed E-state index contributed by atoms with van der Waals surface area (Å²) in [5.74, 6) is 0. The van der Waals surface area contributed by atoms with E-state index in [1.165, 1.54) is 27.3 Å². The molecule has 2 atom stereocenters. The Morgan fingerprint density at radius 2 is 1.60 bits per heavy atom. The molecular formula is C22H23NOS. The van der Waals surface area contributed by atoms with Crippen molar-refractivity contribution in [2.24, 2.45) is 0 Å². The van der Waals surface area contributed by atoms with Gasteiger partial charge < -0.3 is 9.64 Å². The first-order chi connectivity index (χ1) is 12.2. The molecule has 3 aromatic rings. The molecule has 4 rings (SSSR count). The van der Waals surface area contributed by atoms with Crippen molar-refractivity contribution in [3.8, 4) is 0 Å². The van der Waals surface area contributed by atoms with Gasteiger partial charge >= 0.3 is 0 Å². The number of hydrogen-bond acceptors (Lipinski definition) is 3. The van der Waals surface area contributed by atoms with Crippen LogP contribution in [-0.4, -0.2) is 6.73 Å². The SMILES string of the molecule is Cc1ccc([C@@H]2C[C@H](c3cccs3)N(c3ccc(C)cc3)CO2)cc1. The van der Waals surface area contributed by atoms with E-state index in [2.05, 4.69) is 84.8 Å². The van der Waals surface area contributed by atoms with E-state index in [0.717, 1.165) is 6.42 Å². The van der Waals surface area contributed by atoms with E-state index < -0.39 is 0 Å². The third kappa shape index (κ3) is 3.48. The van der Waals surface area contributed by atoms with Gasteiger partial charge in [0.15, 0.2) is 0 Å². The fourth-order valence-electron chi connectivity index (χ4n) is 3.41. The maximum atomic E-state index is 6.26. The standard InChI is InChI=1S/C22H23NOS/c1-16-5-9-18(10-6-16)21-14-20(22-4-3-13-25-22)23(15-24-21)19-11-7-17(2)8-12-19/h3-13,20-21H,14-15H2,1-2H3/t20-,21+/m1/s1. The molecule has 0 bridgehead atoms. The lowest BCUT2D eigenvalue weighted by Gasteiger charge is -2.40. The van der Waals surface area contributed by atoms with Gasteiger partial charge in [-0.15, -0.1) is 11.3 Å². The zero-order chi connectivity index (χ0) is 17.2. The van der Waals surface area contributed by atoms with Gasteiger partial charge in [-0.25, -0.2) is 0 Å². The van der Waals surface area contributed by atoms with Crippen LogP contribution >= 0.6 is 11.3 Å². The number of rotatable bonds is 3. The molecule has 1 aromatic heterocycles. The van der Waals surface area contributed by atoms with Crippen molar-refractivity contribution >= 4 is 17.0 Å². The average Bonchev–Trinajstić information content (AvgIpc) is 3.17. The van der Waals surface area contributed by atoms with Crippen LogP contribution in [-0.2, 0) is 4.74 Å². The highest BCUT2D eigenvalue weighted by atomic mass is 32.1. The summed E-state index contributed by atoms with van der Waals surface area (Å²) in [5.41, 5.74) is 5.07. The lowest BCUT2D eigenvalue weighted by atomic mass is 9.97. The van der Waals surface area contributed by atoms with Crippen molar-refractivity contribution in [3.05, 3.63) is 87.6 Å². The minimum absolute atomic E-state index is 0.148. The van der Waals surface area contributed by atoms with Gasteiger partial charge in [-0.1, -0.05) is 53.6 Å². The molecule has 1 aliphatic rings. The molecule has 128 valence electrons. The highest BCUT2D eigenvalue weighted by Gasteiger charge is 2.31. The Morgan fingerprint density at radius 3 is 2.24 bits per heavy atom. The minimum atomic E-state index is 0.148. The number of benzene rings is 2. The lowest BCUT2D eigenvalue weighted by molar-refractivity contribution is 0.00773. The molecule has 0 unspecified atom stereocenters. The van der Waals surface area contributed by atoms with Gasteiger partial charge in [0.25, 0.3) is 0 Å². The van der Waals surface area contributed by atoms with E-state index in [1.807, 2.05) is 11.3 Å². The van der Waals surface area contributed by atoms with Crippen molar-refractivity contribution in [3.63, 3.8) is 0 Å². The van der Waals surface area contributed by atoms with Gasteiger partial charge in [0, 0.05) is 17.0 Å². The molecule has 0 radical (unpaired) electrons. The number of ether oxygens (including phenoxy) is 1. The summed E-state index contributed by atoms with van der Waals surface area (Å²) in [5, 5.41) is 2.17. The fourth-order valence-corrected chi connectivity index (χ4v) is 4.27. The van der Waals surface area contributed by atoms with E-state index in [-0.39, 0.29) is 6.10 Å². The smallest absolute Gasteiger partial charge is 0.120 e. The summed E-state index contributed by atoms with van der Waals surface area (Å²) < 4.78 is 6.26. The van der Waals surface area contributed by atoms with Gasteiger partial charge in [-0.05, 0) is 43.0 Å². The van der Waals surface area contributed by atoms with E-state index >= 15 is 0 Å². The van der Waals surface area contributed by atoms with E-state index in [9.17, 15) is 0 Å². The molecule has 0 spiro atoms. The Hall–Kier alpha value is -2.10. The van der Waals surface area contributed by atoms with Crippen molar-refractivity contribution in [1.29, 1.82) is 0 Å². The molecule has 2 nitrogen and oxygen atoms in total. The Kier molecular flexibility index (Phi) is 4.60. The van der Waals surface area contributed by atoms with Crippen LogP contribution in [0.1, 0.15) is 40.1 Å². The molecule has 2 heterocycles. The van der Waals surface area contributed by atoms with Gasteiger partial charge in [0.1, 0.15) is 6.73 Å². The molecule has 0 N–H and O–H groups in total. The van der Waals surface area contributed by atoms with Crippen LogP contribution in [0.5, 0.6) is 0 Å². The van der Waals surface area contributed by atoms with Crippen LogP contribution in [0.3, 0.4) is 0 Å². The second-order valence-corrected chi connectivity index (χ2v) is 7.75. The number of anilines is 1. The quantitative estimate of drug-likeness (QED) is 0.572. The van der Waals surface area contributed by atoms with Gasteiger partial charge in [-0.3, -0.25) is 0 Å². The Bertz CT molecular complexity index is 808. The third-order valence-electron chi connectivity index (χ3n) is 4.91. The molecular weight excluding hydrogens is 326 g/mol. The second kappa shape index (κ2) is 7.03. The molecule has 25 heavy (non-hydrogen) atoms. The van der Waals surface area contributed by atoms with E-state index in [4.69, 9.17) is 4.74 Å². The predicted octanol–water partition coefficient (Wildman–Crippen LogP) is 6.03. The summed E-state index contributed by atoms with van der Waals surface area (Å²) in [6, 6.07) is 22.2. The molecule has 1 fully saturated rings. The van der Waals surface area contributed by atoms with Gasteiger partial charge in [0.2, 0.25) is 0 Å². The molecule has 1 aliphatic heterocycles. The lowest BCUT2D eigenvalue weighted by Crippen LogP contribution is -2.37. The molecule has 0 saturated carbocycles. The predicted molar refractivity (Wildman–Crippen MR) is 105 cm³/mol. The van der Waals surface area contributed by atoms with Crippen molar-refractivity contribution < 1.29 is 4.74 Å². The van der Waals surface area contributed by atoms with Crippen molar-refractivity contribution in [2.75, 3.05) is 11.6 Å². The molecule has 1 saturated heterocycles. The zero-order valence-electron chi connectivity index (χ0n) is 14.7. The van der Waals surface area contributed by atoms with Crippen LogP contribution in [0.25, 0.3) is 0 Å². The van der Waals surface area contributed by atoms with Crippen molar-refractivity contribution in [1.82, 2.24) is 0 Å². The number of hydrogen-bond donors (Lipinski definition) is 0. The normalized spacial score (nSPS) is 20.6. The Morgan fingerprint density at radius 1 is 0.920 bits per heavy atom. The molecule has 3 heteroatoms. The first-order valence-electron chi connectivity index (χ1n) is 8.75. The minimum Gasteiger partial charge on any atom is -0.353 e. The van der Waals surface area contributed by atoms with Gasteiger partial charge in [0.05, 0.1) is 12.1 Å².